The van der Waals surface area contributed by atoms with Gasteiger partial charge in [-0.3, -0.25) is 9.71 Å². The van der Waals surface area contributed by atoms with Crippen molar-refractivity contribution < 1.29 is 8.42 Å². The van der Waals surface area contributed by atoms with E-state index in [9.17, 15) is 8.42 Å². The van der Waals surface area contributed by atoms with Crippen molar-refractivity contribution >= 4 is 32.4 Å². The maximum absolute atomic E-state index is 12.1. The first-order chi connectivity index (χ1) is 8.45. The molecule has 1 N–H and O–H groups in total. The summed E-state index contributed by atoms with van der Waals surface area (Å²) in [7, 11) is -3.54. The molecule has 0 saturated carbocycles. The Morgan fingerprint density at radius 1 is 1.39 bits per heavy atom. The zero-order valence-electron chi connectivity index (χ0n) is 10.1. The fourth-order valence-corrected chi connectivity index (χ4v) is 3.58. The van der Waals surface area contributed by atoms with E-state index in [0.717, 1.165) is 0 Å². The number of hydrogen-bond acceptors (Lipinski definition) is 3. The highest BCUT2D eigenvalue weighted by molar-refractivity contribution is 8.00. The summed E-state index contributed by atoms with van der Waals surface area (Å²) in [6, 6.07) is 6.78. The second kappa shape index (κ2) is 4.74. The largest absolute Gasteiger partial charge is 0.268 e. The van der Waals surface area contributed by atoms with Crippen LogP contribution in [0, 0.1) is 0 Å². The van der Waals surface area contributed by atoms with E-state index in [1.165, 1.54) is 0 Å². The van der Waals surface area contributed by atoms with Gasteiger partial charge in [-0.15, -0.1) is 0 Å². The second-order valence-corrected chi connectivity index (χ2v) is 5.95. The highest BCUT2D eigenvalue weighted by Crippen LogP contribution is 2.30. The van der Waals surface area contributed by atoms with Crippen molar-refractivity contribution in [2.45, 2.75) is 13.8 Å². The third-order valence-electron chi connectivity index (χ3n) is 2.60. The Bertz CT molecular complexity index is 648. The van der Waals surface area contributed by atoms with Gasteiger partial charge in [-0.25, -0.2) is 8.42 Å². The van der Waals surface area contributed by atoms with Gasteiger partial charge < -0.3 is 0 Å². The smallest absolute Gasteiger partial charge is 0.264 e. The topological polar surface area (TPSA) is 58.5 Å². The van der Waals surface area contributed by atoms with Crippen molar-refractivity contribution in [1.82, 2.24) is 4.72 Å². The molecule has 2 rings (SSSR count). The summed E-state index contributed by atoms with van der Waals surface area (Å²) < 4.78 is 26.6. The number of amidine groups is 1. The van der Waals surface area contributed by atoms with E-state index in [-0.39, 0.29) is 4.91 Å². The van der Waals surface area contributed by atoms with Crippen LogP contribution in [0.4, 0.5) is 0 Å². The van der Waals surface area contributed by atoms with Gasteiger partial charge in [0.1, 0.15) is 10.7 Å². The first kappa shape index (κ1) is 13.1. The maximum atomic E-state index is 12.1. The first-order valence-corrected chi connectivity index (χ1v) is 7.36. The van der Waals surface area contributed by atoms with Gasteiger partial charge >= 0.3 is 0 Å². The molecule has 1 aromatic rings. The maximum Gasteiger partial charge on any atom is 0.264 e. The molecule has 1 aliphatic rings. The van der Waals surface area contributed by atoms with Gasteiger partial charge in [0, 0.05) is 17.1 Å². The molecule has 1 heterocycles. The average molecular weight is 285 g/mol. The van der Waals surface area contributed by atoms with Crippen molar-refractivity contribution in [1.29, 1.82) is 0 Å². The van der Waals surface area contributed by atoms with E-state index in [2.05, 4.69) is 9.71 Å². The standard InChI is InChI=1S/C12H13ClN2O2S/c1-3-14-12-8(2)11(18(16,17)15-12)9-5-4-6-10(13)7-9/h4-7H,3H2,1-2H3,(H,14,15). The predicted molar refractivity (Wildman–Crippen MR) is 74.1 cm³/mol. The number of nitrogens with one attached hydrogen (secondary N) is 1. The lowest BCUT2D eigenvalue weighted by Crippen LogP contribution is -2.23. The highest BCUT2D eigenvalue weighted by Gasteiger charge is 2.32. The van der Waals surface area contributed by atoms with Crippen molar-refractivity contribution in [2.75, 3.05) is 6.54 Å². The molecule has 96 valence electrons. The normalized spacial score (nSPS) is 20.3. The molecule has 0 spiro atoms. The fraction of sp³-hybridized carbons (Fsp3) is 0.250. The van der Waals surface area contributed by atoms with E-state index >= 15 is 0 Å². The summed E-state index contributed by atoms with van der Waals surface area (Å²) in [5.41, 5.74) is 1.20. The SMILES string of the molecule is CCN=C1NS(=O)(=O)C(c2cccc(Cl)c2)=C1C. The molecule has 4 nitrogen and oxygen atoms in total. The van der Waals surface area contributed by atoms with Crippen molar-refractivity contribution in [3.05, 3.63) is 40.4 Å². The molecule has 0 fully saturated rings. The molecular weight excluding hydrogens is 272 g/mol. The van der Waals surface area contributed by atoms with Crippen LogP contribution in [-0.4, -0.2) is 20.8 Å². The molecule has 0 aliphatic carbocycles. The second-order valence-electron chi connectivity index (χ2n) is 3.89. The van der Waals surface area contributed by atoms with E-state index in [1.54, 1.807) is 31.2 Å². The van der Waals surface area contributed by atoms with Crippen molar-refractivity contribution in [3.63, 3.8) is 0 Å². The van der Waals surface area contributed by atoms with Crippen LogP contribution in [0.1, 0.15) is 19.4 Å². The quantitative estimate of drug-likeness (QED) is 0.907. The summed E-state index contributed by atoms with van der Waals surface area (Å²) in [6.07, 6.45) is 0. The molecule has 18 heavy (non-hydrogen) atoms. The Morgan fingerprint density at radius 3 is 2.72 bits per heavy atom. The summed E-state index contributed by atoms with van der Waals surface area (Å²) in [5.74, 6) is 0.410. The fourth-order valence-electron chi connectivity index (χ4n) is 1.87. The van der Waals surface area contributed by atoms with Crippen LogP contribution in [-0.2, 0) is 10.0 Å². The van der Waals surface area contributed by atoms with Crippen LogP contribution < -0.4 is 4.72 Å². The van der Waals surface area contributed by atoms with Crippen LogP contribution in [0.25, 0.3) is 4.91 Å². The Balaban J connectivity index is 2.64. The Labute approximate surface area is 111 Å². The number of sulfonamides is 1. The zero-order chi connectivity index (χ0) is 13.3. The minimum absolute atomic E-state index is 0.247. The lowest BCUT2D eigenvalue weighted by Gasteiger charge is -2.03. The lowest BCUT2D eigenvalue weighted by atomic mass is 10.1. The Morgan fingerprint density at radius 2 is 2.11 bits per heavy atom. The summed E-state index contributed by atoms with van der Waals surface area (Å²) >= 11 is 5.89. The molecule has 0 bridgehead atoms. The van der Waals surface area contributed by atoms with E-state index < -0.39 is 10.0 Å². The molecule has 0 aromatic heterocycles. The number of aliphatic imine (C=N–C) groups is 1. The highest BCUT2D eigenvalue weighted by atomic mass is 35.5. The van der Waals surface area contributed by atoms with Gasteiger partial charge in [0.15, 0.2) is 0 Å². The molecule has 0 atom stereocenters. The van der Waals surface area contributed by atoms with E-state index in [1.807, 2.05) is 6.92 Å². The number of hydrogen-bond donors (Lipinski definition) is 1. The average Bonchev–Trinajstić information content (AvgIpc) is 2.49. The van der Waals surface area contributed by atoms with Gasteiger partial charge in [-0.05, 0) is 31.5 Å². The third-order valence-corrected chi connectivity index (χ3v) is 4.38. The van der Waals surface area contributed by atoms with Gasteiger partial charge in [0.2, 0.25) is 0 Å². The van der Waals surface area contributed by atoms with Crippen molar-refractivity contribution in [2.24, 2.45) is 4.99 Å². The minimum Gasteiger partial charge on any atom is -0.268 e. The number of rotatable bonds is 2. The molecule has 6 heteroatoms. The van der Waals surface area contributed by atoms with Gasteiger partial charge in [-0.2, -0.15) is 0 Å². The number of halogens is 1. The molecule has 0 unspecified atom stereocenters. The molecule has 1 aromatic carbocycles. The van der Waals surface area contributed by atoms with E-state index in [0.29, 0.717) is 28.5 Å². The van der Waals surface area contributed by atoms with Crippen LogP contribution >= 0.6 is 11.6 Å². The van der Waals surface area contributed by atoms with Crippen LogP contribution in [0.3, 0.4) is 0 Å². The van der Waals surface area contributed by atoms with Crippen LogP contribution in [0.5, 0.6) is 0 Å². The number of nitrogens with zero attached hydrogens (tertiary/aromatic N) is 1. The molecule has 0 radical (unpaired) electrons. The molecule has 1 aliphatic heterocycles. The summed E-state index contributed by atoms with van der Waals surface area (Å²) in [6.45, 7) is 4.12. The zero-order valence-corrected chi connectivity index (χ0v) is 11.6. The summed E-state index contributed by atoms with van der Waals surface area (Å²) in [4.78, 5) is 4.38. The predicted octanol–water partition coefficient (Wildman–Crippen LogP) is 2.42. The Hall–Kier alpha value is -1.33. The monoisotopic (exact) mass is 284 g/mol. The summed E-state index contributed by atoms with van der Waals surface area (Å²) in [5, 5.41) is 0.504. The van der Waals surface area contributed by atoms with Crippen molar-refractivity contribution in [3.8, 4) is 0 Å². The van der Waals surface area contributed by atoms with Gasteiger partial charge in [0.25, 0.3) is 10.0 Å². The molecular formula is C12H13ClN2O2S. The van der Waals surface area contributed by atoms with Crippen LogP contribution in [0.15, 0.2) is 34.8 Å². The van der Waals surface area contributed by atoms with Gasteiger partial charge in [-0.1, -0.05) is 23.7 Å². The first-order valence-electron chi connectivity index (χ1n) is 5.50. The number of benzene rings is 1. The third kappa shape index (κ3) is 2.28. The van der Waals surface area contributed by atoms with Crippen LogP contribution in [0.2, 0.25) is 5.02 Å². The van der Waals surface area contributed by atoms with Gasteiger partial charge in [0.05, 0.1) is 0 Å². The van der Waals surface area contributed by atoms with E-state index in [4.69, 9.17) is 11.6 Å². The molecule has 0 saturated heterocycles. The minimum atomic E-state index is -3.54. The molecule has 0 amide bonds. The Kier molecular flexibility index (Phi) is 3.45. The lowest BCUT2D eigenvalue weighted by molar-refractivity contribution is 0.603.